The summed E-state index contributed by atoms with van der Waals surface area (Å²) in [6.07, 6.45) is 1.64. The Bertz CT molecular complexity index is 1560. The molecule has 2 heterocycles. The predicted octanol–water partition coefficient (Wildman–Crippen LogP) is 4.54. The Morgan fingerprint density at radius 1 is 0.848 bits per heavy atom. The highest BCUT2D eigenvalue weighted by molar-refractivity contribution is 5.99. The van der Waals surface area contributed by atoms with E-state index in [4.69, 9.17) is 4.98 Å². The summed E-state index contributed by atoms with van der Waals surface area (Å²) in [5.74, 6) is 0. The number of aromatic nitrogens is 2. The fraction of sp³-hybridized carbons (Fsp3) is 0.0357. The van der Waals surface area contributed by atoms with E-state index in [1.54, 1.807) is 12.3 Å². The number of pyridine rings is 2. The molecule has 3 aromatic carbocycles. The van der Waals surface area contributed by atoms with Gasteiger partial charge >= 0.3 is 0 Å². The lowest BCUT2D eigenvalue weighted by Crippen LogP contribution is -2.47. The van der Waals surface area contributed by atoms with Gasteiger partial charge in [0.05, 0.1) is 34.8 Å². The number of nitrogens with zero attached hydrogens (tertiary/aromatic N) is 2. The van der Waals surface area contributed by atoms with Gasteiger partial charge in [0, 0.05) is 34.0 Å². The summed E-state index contributed by atoms with van der Waals surface area (Å²) in [7, 11) is 0. The normalized spacial score (nSPS) is 10.8. The Morgan fingerprint density at radius 3 is 2.30 bits per heavy atom. The summed E-state index contributed by atoms with van der Waals surface area (Å²) in [5, 5.41) is 10.1. The highest BCUT2D eigenvalue weighted by Gasteiger charge is 2.17. The van der Waals surface area contributed by atoms with E-state index in [2.05, 4.69) is 16.8 Å². The van der Waals surface area contributed by atoms with Crippen LogP contribution in [0.3, 0.4) is 0 Å². The zero-order chi connectivity index (χ0) is 22.8. The number of fused-ring (bicyclic) bond motifs is 1. The molecule has 5 nitrogen and oxygen atoms in total. The highest BCUT2D eigenvalue weighted by atomic mass is 16.1. The summed E-state index contributed by atoms with van der Waals surface area (Å²) in [6, 6.07) is 29.6. The van der Waals surface area contributed by atoms with Gasteiger partial charge in [0.15, 0.2) is 0 Å². The summed E-state index contributed by atoms with van der Waals surface area (Å²) in [5.41, 5.74) is 11.0. The van der Waals surface area contributed by atoms with Gasteiger partial charge in [-0.3, -0.25) is 4.79 Å². The van der Waals surface area contributed by atoms with Crippen LogP contribution < -0.4 is 11.3 Å². The third-order valence-corrected chi connectivity index (χ3v) is 5.81. The molecule has 33 heavy (non-hydrogen) atoms. The van der Waals surface area contributed by atoms with E-state index in [1.165, 1.54) is 0 Å². The van der Waals surface area contributed by atoms with Crippen molar-refractivity contribution < 1.29 is 5.73 Å². The molecular weight excluding hydrogens is 408 g/mol. The summed E-state index contributed by atoms with van der Waals surface area (Å²) in [4.78, 5) is 20.7. The molecule has 5 rings (SSSR count). The smallest absolute Gasteiger partial charge is 0.257 e. The van der Waals surface area contributed by atoms with Gasteiger partial charge in [-0.2, -0.15) is 5.26 Å². The number of aromatic amines is 1. The van der Waals surface area contributed by atoms with Crippen molar-refractivity contribution in [2.75, 3.05) is 0 Å². The number of nitriles is 1. The first-order valence-electron chi connectivity index (χ1n) is 10.7. The van der Waals surface area contributed by atoms with Crippen molar-refractivity contribution in [2.45, 2.75) is 6.54 Å². The number of rotatable bonds is 4. The Morgan fingerprint density at radius 2 is 1.58 bits per heavy atom. The number of hydrogen-bond acceptors (Lipinski definition) is 3. The van der Waals surface area contributed by atoms with Crippen LogP contribution in [-0.4, -0.2) is 9.97 Å². The molecular formula is C28H21N4O+. The van der Waals surface area contributed by atoms with Crippen LogP contribution in [0.1, 0.15) is 11.1 Å². The summed E-state index contributed by atoms with van der Waals surface area (Å²) < 4.78 is 0. The fourth-order valence-corrected chi connectivity index (χ4v) is 4.08. The van der Waals surface area contributed by atoms with E-state index >= 15 is 0 Å². The molecule has 0 aliphatic heterocycles. The van der Waals surface area contributed by atoms with Crippen LogP contribution in [0.25, 0.3) is 44.4 Å². The van der Waals surface area contributed by atoms with Crippen LogP contribution in [0, 0.1) is 11.3 Å². The molecule has 0 amide bonds. The van der Waals surface area contributed by atoms with E-state index in [0.717, 1.165) is 39.1 Å². The number of benzene rings is 3. The first-order chi connectivity index (χ1) is 16.2. The largest absolute Gasteiger partial charge is 0.354 e. The lowest BCUT2D eigenvalue weighted by atomic mass is 9.95. The molecule has 0 fully saturated rings. The minimum absolute atomic E-state index is 0.216. The van der Waals surface area contributed by atoms with Crippen LogP contribution in [0.5, 0.6) is 0 Å². The zero-order valence-corrected chi connectivity index (χ0v) is 17.9. The topological polar surface area (TPSA) is 97.2 Å². The number of quaternary nitrogens is 1. The van der Waals surface area contributed by atoms with Gasteiger partial charge in [-0.05, 0) is 17.7 Å². The Labute approximate surface area is 190 Å². The van der Waals surface area contributed by atoms with Gasteiger partial charge < -0.3 is 10.7 Å². The van der Waals surface area contributed by atoms with Crippen LogP contribution in [0.2, 0.25) is 0 Å². The second kappa shape index (κ2) is 8.54. The van der Waals surface area contributed by atoms with E-state index in [0.29, 0.717) is 23.0 Å². The van der Waals surface area contributed by atoms with Gasteiger partial charge in [0.1, 0.15) is 0 Å². The molecule has 0 aliphatic rings. The fourth-order valence-electron chi connectivity index (χ4n) is 4.08. The van der Waals surface area contributed by atoms with Gasteiger partial charge in [0.25, 0.3) is 5.56 Å². The number of H-pyrrole nitrogens is 1. The van der Waals surface area contributed by atoms with Crippen molar-refractivity contribution in [3.05, 3.63) is 113 Å². The third kappa shape index (κ3) is 3.69. The zero-order valence-electron chi connectivity index (χ0n) is 17.9. The predicted molar refractivity (Wildman–Crippen MR) is 130 cm³/mol. The summed E-state index contributed by atoms with van der Waals surface area (Å²) in [6.45, 7) is 0.710. The van der Waals surface area contributed by atoms with E-state index < -0.39 is 0 Å². The maximum absolute atomic E-state index is 12.9. The molecule has 0 atom stereocenters. The average molecular weight is 430 g/mol. The Balaban J connectivity index is 1.86. The van der Waals surface area contributed by atoms with Gasteiger partial charge in [-0.15, -0.1) is 0 Å². The lowest BCUT2D eigenvalue weighted by Gasteiger charge is -2.14. The van der Waals surface area contributed by atoms with Crippen LogP contribution >= 0.6 is 0 Å². The number of hydrogen-bond donors (Lipinski definition) is 2. The van der Waals surface area contributed by atoms with Crippen molar-refractivity contribution in [1.29, 1.82) is 5.26 Å². The van der Waals surface area contributed by atoms with E-state index in [1.807, 2.05) is 78.9 Å². The Hall–Kier alpha value is -4.53. The molecule has 0 saturated carbocycles. The van der Waals surface area contributed by atoms with Gasteiger partial charge in [0.2, 0.25) is 0 Å². The van der Waals surface area contributed by atoms with Gasteiger partial charge in [-0.1, -0.05) is 72.8 Å². The van der Waals surface area contributed by atoms with Crippen molar-refractivity contribution >= 4 is 10.9 Å². The molecule has 158 valence electrons. The maximum Gasteiger partial charge on any atom is 0.257 e. The average Bonchev–Trinajstić information content (AvgIpc) is 2.89. The third-order valence-electron chi connectivity index (χ3n) is 5.81. The molecule has 4 N–H and O–H groups in total. The molecule has 0 radical (unpaired) electrons. The second-order valence-corrected chi connectivity index (χ2v) is 7.78. The SMILES string of the molecule is N#Cc1ccccc1-c1c[nH]c(=O)c2cc(-c3ccccc3)c(-c3ccc(C[NH3+])cc3)nc12. The lowest BCUT2D eigenvalue weighted by molar-refractivity contribution is -0.386. The first-order valence-corrected chi connectivity index (χ1v) is 10.7. The maximum atomic E-state index is 12.9. The monoisotopic (exact) mass is 429 g/mol. The van der Waals surface area contributed by atoms with Crippen LogP contribution in [-0.2, 0) is 6.54 Å². The molecule has 0 unspecified atom stereocenters. The van der Waals surface area contributed by atoms with E-state index in [-0.39, 0.29) is 5.56 Å². The van der Waals surface area contributed by atoms with Crippen molar-refractivity contribution in [3.8, 4) is 39.6 Å². The van der Waals surface area contributed by atoms with Crippen LogP contribution in [0.15, 0.2) is 95.9 Å². The first kappa shape index (κ1) is 20.4. The highest BCUT2D eigenvalue weighted by Crippen LogP contribution is 2.36. The minimum Gasteiger partial charge on any atom is -0.354 e. The Kier molecular flexibility index (Phi) is 5.27. The van der Waals surface area contributed by atoms with Crippen molar-refractivity contribution in [1.82, 2.24) is 9.97 Å². The minimum atomic E-state index is -0.216. The molecule has 5 aromatic rings. The van der Waals surface area contributed by atoms with Crippen molar-refractivity contribution in [3.63, 3.8) is 0 Å². The standard InChI is InChI=1S/C28H20N4O/c29-15-18-10-12-20(13-11-18)26-23(19-6-2-1-3-7-19)14-24-27(32-26)25(17-31-28(24)33)22-9-5-4-8-21(22)16-30/h1-14,17H,15,29H2,(H,31,33)/p+1. The van der Waals surface area contributed by atoms with Gasteiger partial charge in [-0.25, -0.2) is 4.98 Å². The van der Waals surface area contributed by atoms with E-state index in [9.17, 15) is 10.1 Å². The summed E-state index contributed by atoms with van der Waals surface area (Å²) >= 11 is 0. The molecule has 0 spiro atoms. The molecule has 0 bridgehead atoms. The quantitative estimate of drug-likeness (QED) is 0.439. The van der Waals surface area contributed by atoms with Crippen LogP contribution in [0.4, 0.5) is 0 Å². The molecule has 0 saturated heterocycles. The molecule has 0 aliphatic carbocycles. The molecule has 5 heteroatoms. The number of nitrogens with one attached hydrogen (secondary N) is 1. The second-order valence-electron chi connectivity index (χ2n) is 7.78. The molecule has 2 aromatic heterocycles. The van der Waals surface area contributed by atoms with Crippen molar-refractivity contribution in [2.24, 2.45) is 0 Å².